The number of aryl methyl sites for hydroxylation is 2. The zero-order valence-electron chi connectivity index (χ0n) is 13.9. The molecular weight excluding hydrogens is 310 g/mol. The van der Waals surface area contributed by atoms with Gasteiger partial charge in [-0.25, -0.2) is 8.78 Å². The number of nitrogens with zero attached hydrogens (tertiary/aromatic N) is 1. The molecule has 0 aliphatic carbocycles. The largest absolute Gasteiger partial charge is 0.384 e. The second-order valence-corrected chi connectivity index (χ2v) is 5.89. The van der Waals surface area contributed by atoms with Crippen LogP contribution in [0.1, 0.15) is 42.5 Å². The average molecular weight is 332 g/mol. The molecular formula is C19H22F2N2O. The molecule has 1 heterocycles. The average Bonchev–Trinajstić information content (AvgIpc) is 2.58. The number of alkyl halides is 2. The third-order valence-electron chi connectivity index (χ3n) is 4.10. The van der Waals surface area contributed by atoms with Gasteiger partial charge in [-0.3, -0.25) is 9.79 Å². The Morgan fingerprint density at radius 3 is 2.83 bits per heavy atom. The highest BCUT2D eigenvalue weighted by atomic mass is 19.3. The maximum atomic E-state index is 12.3. The van der Waals surface area contributed by atoms with Crippen molar-refractivity contribution >= 4 is 12.0 Å². The van der Waals surface area contributed by atoms with E-state index in [1.165, 1.54) is 0 Å². The third-order valence-corrected chi connectivity index (χ3v) is 4.10. The maximum absolute atomic E-state index is 12.3. The summed E-state index contributed by atoms with van der Waals surface area (Å²) in [7, 11) is 0. The second kappa shape index (κ2) is 8.52. The molecule has 1 aromatic carbocycles. The predicted octanol–water partition coefficient (Wildman–Crippen LogP) is 4.28. The minimum absolute atomic E-state index is 0.0409. The molecule has 5 heteroatoms. The lowest BCUT2D eigenvalue weighted by Crippen LogP contribution is -2.16. The van der Waals surface area contributed by atoms with Gasteiger partial charge in [0.25, 0.3) is 0 Å². The number of halogens is 2. The van der Waals surface area contributed by atoms with Crippen LogP contribution in [0, 0.1) is 6.92 Å². The first-order valence-electron chi connectivity index (χ1n) is 8.02. The SMILES string of the molecule is Cc1cc(C(C)N/C=C2\CC=CN=C2C=O)ccc1CCC(F)F. The molecule has 1 aliphatic heterocycles. The Bertz CT molecular complexity index is 678. The summed E-state index contributed by atoms with van der Waals surface area (Å²) < 4.78 is 24.7. The summed E-state index contributed by atoms with van der Waals surface area (Å²) in [4.78, 5) is 15.0. The first-order chi connectivity index (χ1) is 11.5. The van der Waals surface area contributed by atoms with Gasteiger partial charge < -0.3 is 5.32 Å². The van der Waals surface area contributed by atoms with Crippen molar-refractivity contribution in [2.75, 3.05) is 0 Å². The summed E-state index contributed by atoms with van der Waals surface area (Å²) in [6.07, 6.45) is 4.78. The molecule has 0 saturated carbocycles. The summed E-state index contributed by atoms with van der Waals surface area (Å²) in [6.45, 7) is 3.96. The zero-order valence-corrected chi connectivity index (χ0v) is 13.9. The lowest BCUT2D eigenvalue weighted by atomic mass is 9.98. The molecule has 1 aliphatic rings. The Hall–Kier alpha value is -2.30. The van der Waals surface area contributed by atoms with Gasteiger partial charge in [0, 0.05) is 30.4 Å². The fourth-order valence-corrected chi connectivity index (χ4v) is 2.59. The number of nitrogens with one attached hydrogen (secondary N) is 1. The van der Waals surface area contributed by atoms with Crippen molar-refractivity contribution in [3.63, 3.8) is 0 Å². The maximum Gasteiger partial charge on any atom is 0.239 e. The number of hydrogen-bond acceptors (Lipinski definition) is 3. The number of hydrogen-bond donors (Lipinski definition) is 1. The number of aliphatic imine (C=N–C) groups is 1. The van der Waals surface area contributed by atoms with Crippen LogP contribution < -0.4 is 5.32 Å². The van der Waals surface area contributed by atoms with E-state index in [-0.39, 0.29) is 12.5 Å². The molecule has 3 nitrogen and oxygen atoms in total. The standard InChI is InChI=1S/C19H22F2N2O/c1-13-10-16(6-5-15(13)7-8-19(20)21)14(2)23-11-17-4-3-9-22-18(17)12-24/h3,5-6,9-12,14,19,23H,4,7-8H2,1-2H3/b17-11+. The predicted molar refractivity (Wildman–Crippen MR) is 92.4 cm³/mol. The monoisotopic (exact) mass is 332 g/mol. The number of aldehydes is 1. The van der Waals surface area contributed by atoms with Gasteiger partial charge in [0.2, 0.25) is 6.43 Å². The summed E-state index contributed by atoms with van der Waals surface area (Å²) in [5.74, 6) is 0. The highest BCUT2D eigenvalue weighted by molar-refractivity contribution is 6.36. The smallest absolute Gasteiger partial charge is 0.239 e. The van der Waals surface area contributed by atoms with Gasteiger partial charge >= 0.3 is 0 Å². The normalized spacial score (nSPS) is 17.0. The quantitative estimate of drug-likeness (QED) is 0.757. The number of rotatable bonds is 7. The van der Waals surface area contributed by atoms with Crippen LogP contribution in [0.4, 0.5) is 8.78 Å². The molecule has 1 aromatic rings. The van der Waals surface area contributed by atoms with Gasteiger partial charge in [-0.1, -0.05) is 24.3 Å². The summed E-state index contributed by atoms with van der Waals surface area (Å²) in [6, 6.07) is 5.94. The van der Waals surface area contributed by atoms with Crippen molar-refractivity contribution < 1.29 is 13.6 Å². The van der Waals surface area contributed by atoms with E-state index in [0.29, 0.717) is 18.6 Å². The Balaban J connectivity index is 2.03. The minimum Gasteiger partial charge on any atom is -0.384 e. The fraction of sp³-hybridized carbons (Fsp3) is 0.368. The number of carbonyl (C=O) groups is 1. The molecule has 1 N–H and O–H groups in total. The number of benzene rings is 1. The highest BCUT2D eigenvalue weighted by Gasteiger charge is 2.11. The van der Waals surface area contributed by atoms with Crippen LogP contribution in [0.15, 0.2) is 47.2 Å². The van der Waals surface area contributed by atoms with Crippen LogP contribution in [0.3, 0.4) is 0 Å². The molecule has 2 rings (SSSR count). The summed E-state index contributed by atoms with van der Waals surface area (Å²) in [5, 5.41) is 3.27. The van der Waals surface area contributed by atoms with Gasteiger partial charge in [-0.05, 0) is 43.4 Å². The van der Waals surface area contributed by atoms with E-state index in [4.69, 9.17) is 0 Å². The third kappa shape index (κ3) is 4.85. The Morgan fingerprint density at radius 1 is 1.38 bits per heavy atom. The summed E-state index contributed by atoms with van der Waals surface area (Å²) in [5.41, 5.74) is 4.34. The highest BCUT2D eigenvalue weighted by Crippen LogP contribution is 2.20. The van der Waals surface area contributed by atoms with Crippen molar-refractivity contribution in [1.82, 2.24) is 5.32 Å². The summed E-state index contributed by atoms with van der Waals surface area (Å²) >= 11 is 0. The Labute approximate surface area is 141 Å². The first kappa shape index (κ1) is 18.0. The van der Waals surface area contributed by atoms with Crippen molar-refractivity contribution in [3.8, 4) is 0 Å². The van der Waals surface area contributed by atoms with Crippen molar-refractivity contribution in [1.29, 1.82) is 0 Å². The van der Waals surface area contributed by atoms with Gasteiger partial charge in [0.15, 0.2) is 6.29 Å². The van der Waals surface area contributed by atoms with E-state index >= 15 is 0 Å². The van der Waals surface area contributed by atoms with Crippen LogP contribution in [-0.4, -0.2) is 18.4 Å². The molecule has 0 bridgehead atoms. The molecule has 1 atom stereocenters. The van der Waals surface area contributed by atoms with E-state index < -0.39 is 6.43 Å². The molecule has 0 fully saturated rings. The molecule has 128 valence electrons. The lowest BCUT2D eigenvalue weighted by Gasteiger charge is -2.16. The lowest BCUT2D eigenvalue weighted by molar-refractivity contribution is -0.102. The van der Waals surface area contributed by atoms with E-state index in [9.17, 15) is 13.6 Å². The molecule has 0 aromatic heterocycles. The van der Waals surface area contributed by atoms with Crippen molar-refractivity contribution in [3.05, 3.63) is 58.9 Å². The molecule has 24 heavy (non-hydrogen) atoms. The van der Waals surface area contributed by atoms with E-state index in [2.05, 4.69) is 10.3 Å². The topological polar surface area (TPSA) is 41.5 Å². The van der Waals surface area contributed by atoms with Crippen LogP contribution >= 0.6 is 0 Å². The van der Waals surface area contributed by atoms with E-state index in [1.807, 2.05) is 44.3 Å². The van der Waals surface area contributed by atoms with E-state index in [1.54, 1.807) is 6.20 Å². The van der Waals surface area contributed by atoms with Gasteiger partial charge in [0.05, 0.1) is 0 Å². The molecule has 0 saturated heterocycles. The Morgan fingerprint density at radius 2 is 2.17 bits per heavy atom. The van der Waals surface area contributed by atoms with E-state index in [0.717, 1.165) is 28.5 Å². The van der Waals surface area contributed by atoms with Crippen molar-refractivity contribution in [2.24, 2.45) is 4.99 Å². The zero-order chi connectivity index (χ0) is 17.5. The van der Waals surface area contributed by atoms with Gasteiger partial charge in [0.1, 0.15) is 5.71 Å². The number of allylic oxidation sites excluding steroid dienone is 2. The Kier molecular flexibility index (Phi) is 6.41. The van der Waals surface area contributed by atoms with Crippen LogP contribution in [0.2, 0.25) is 0 Å². The number of carbonyl (C=O) groups excluding carboxylic acids is 1. The molecule has 0 spiro atoms. The molecule has 0 amide bonds. The second-order valence-electron chi connectivity index (χ2n) is 5.89. The first-order valence-corrected chi connectivity index (χ1v) is 8.02. The van der Waals surface area contributed by atoms with Gasteiger partial charge in [-0.2, -0.15) is 0 Å². The van der Waals surface area contributed by atoms with Crippen LogP contribution in [-0.2, 0) is 11.2 Å². The van der Waals surface area contributed by atoms with Crippen LogP contribution in [0.25, 0.3) is 0 Å². The van der Waals surface area contributed by atoms with Crippen LogP contribution in [0.5, 0.6) is 0 Å². The van der Waals surface area contributed by atoms with Gasteiger partial charge in [-0.15, -0.1) is 0 Å². The molecule has 1 unspecified atom stereocenters. The fourth-order valence-electron chi connectivity index (χ4n) is 2.59. The van der Waals surface area contributed by atoms with Crippen molar-refractivity contribution in [2.45, 2.75) is 45.6 Å². The minimum atomic E-state index is -2.27. The molecule has 0 radical (unpaired) electrons.